The van der Waals surface area contributed by atoms with Gasteiger partial charge in [-0.25, -0.2) is 4.79 Å². The molecule has 0 aliphatic carbocycles. The third kappa shape index (κ3) is 8.41. The number of nitrogens with zero attached hydrogens (tertiary/aromatic N) is 3. The average molecular weight is 374 g/mol. The quantitative estimate of drug-likeness (QED) is 0.504. The fraction of sp³-hybridized carbons (Fsp3) is 0.353. The molecule has 0 radical (unpaired) electrons. The van der Waals surface area contributed by atoms with E-state index in [9.17, 15) is 4.79 Å². The van der Waals surface area contributed by atoms with Gasteiger partial charge in [-0.1, -0.05) is 19.9 Å². The van der Waals surface area contributed by atoms with Crippen molar-refractivity contribution in [3.05, 3.63) is 29.8 Å². The first kappa shape index (κ1) is 21.5. The first-order valence-corrected chi connectivity index (χ1v) is 8.20. The summed E-state index contributed by atoms with van der Waals surface area (Å²) in [7, 11) is 0. The number of anilines is 4. The first-order valence-electron chi connectivity index (χ1n) is 8.20. The van der Waals surface area contributed by atoms with E-state index >= 15 is 0 Å². The minimum Gasteiger partial charge on any atom is -0.478 e. The number of nitrogens with one attached hydrogen (secondary N) is 2. The lowest BCUT2D eigenvalue weighted by molar-refractivity contribution is -0.191. The fourth-order valence-corrected chi connectivity index (χ4v) is 2.10. The van der Waals surface area contributed by atoms with Crippen LogP contribution >= 0.6 is 0 Å². The van der Waals surface area contributed by atoms with Crippen LogP contribution in [0.4, 0.5) is 23.5 Å². The van der Waals surface area contributed by atoms with Crippen molar-refractivity contribution in [2.45, 2.75) is 26.7 Å². The second kappa shape index (κ2) is 11.2. The van der Waals surface area contributed by atoms with Gasteiger partial charge in [-0.2, -0.15) is 24.5 Å². The highest BCUT2D eigenvalue weighted by molar-refractivity contribution is 5.89. The summed E-state index contributed by atoms with van der Waals surface area (Å²) in [5, 5.41) is 15.1. The number of carbonyl (C=O) groups excluding carboxylic acids is 2. The molecule has 0 bridgehead atoms. The average Bonchev–Trinajstić information content (AvgIpc) is 2.59. The molecule has 0 spiro atoms. The molecule has 10 nitrogen and oxygen atoms in total. The molecule has 0 aliphatic heterocycles. The number of carboxylic acids is 1. The van der Waals surface area contributed by atoms with Gasteiger partial charge < -0.3 is 21.5 Å². The minimum absolute atomic E-state index is 0.0910. The standard InChI is InChI=1S/C16H22N6O2.CO2/c1-10(2)5-4-8-18-15-20-14(17)21-16(22-15)19-12-7-3-6-11(9-12)13(23)24;2-1-3/h3,6-7,9-10H,4-5,8H2,1-2H3,(H,23,24)(H4,17,18,19,20,21,22);. The van der Waals surface area contributed by atoms with Crippen LogP contribution in [0.25, 0.3) is 0 Å². The van der Waals surface area contributed by atoms with Gasteiger partial charge >= 0.3 is 12.1 Å². The minimum atomic E-state index is -0.999. The normalized spacial score (nSPS) is 9.74. The Balaban J connectivity index is 0.00000114. The van der Waals surface area contributed by atoms with E-state index in [-0.39, 0.29) is 23.6 Å². The number of rotatable bonds is 8. The second-order valence-electron chi connectivity index (χ2n) is 5.90. The highest BCUT2D eigenvalue weighted by Crippen LogP contribution is 2.16. The van der Waals surface area contributed by atoms with Crippen LogP contribution in [0.1, 0.15) is 37.0 Å². The molecule has 0 amide bonds. The number of carboxylic acid groups (broad SMARTS) is 1. The zero-order chi connectivity index (χ0) is 20.2. The lowest BCUT2D eigenvalue weighted by Gasteiger charge is -2.10. The van der Waals surface area contributed by atoms with Gasteiger partial charge in [0.05, 0.1) is 5.56 Å². The number of hydrogen-bond donors (Lipinski definition) is 4. The molecule has 0 aliphatic rings. The van der Waals surface area contributed by atoms with Gasteiger partial charge in [0.2, 0.25) is 17.8 Å². The number of benzene rings is 1. The van der Waals surface area contributed by atoms with E-state index in [1.54, 1.807) is 12.1 Å². The van der Waals surface area contributed by atoms with Gasteiger partial charge in [-0.3, -0.25) is 0 Å². The van der Waals surface area contributed by atoms with Gasteiger partial charge in [-0.05, 0) is 37.0 Å². The maximum absolute atomic E-state index is 11.0. The van der Waals surface area contributed by atoms with Crippen LogP contribution in [0.5, 0.6) is 0 Å². The largest absolute Gasteiger partial charge is 0.478 e. The summed E-state index contributed by atoms with van der Waals surface area (Å²) in [6, 6.07) is 6.37. The number of aromatic nitrogens is 3. The van der Waals surface area contributed by atoms with Gasteiger partial charge in [0.25, 0.3) is 0 Å². The molecule has 1 heterocycles. The van der Waals surface area contributed by atoms with Gasteiger partial charge in [0, 0.05) is 12.2 Å². The lowest BCUT2D eigenvalue weighted by atomic mass is 10.1. The molecule has 1 aromatic carbocycles. The SMILES string of the molecule is CC(C)CCCNc1nc(N)nc(Nc2cccc(C(=O)O)c2)n1.O=C=O. The Morgan fingerprint density at radius 1 is 1.22 bits per heavy atom. The predicted octanol–water partition coefficient (Wildman–Crippen LogP) is 2.16. The molecular weight excluding hydrogens is 352 g/mol. The van der Waals surface area contributed by atoms with Crippen LogP contribution in [-0.4, -0.2) is 38.7 Å². The van der Waals surface area contributed by atoms with Gasteiger partial charge in [0.1, 0.15) is 0 Å². The zero-order valence-corrected chi connectivity index (χ0v) is 15.1. The lowest BCUT2D eigenvalue weighted by Crippen LogP contribution is -2.11. The summed E-state index contributed by atoms with van der Waals surface area (Å²) in [5.41, 5.74) is 6.44. The molecule has 0 atom stereocenters. The van der Waals surface area contributed by atoms with Crippen LogP contribution < -0.4 is 16.4 Å². The summed E-state index contributed by atoms with van der Waals surface area (Å²) in [4.78, 5) is 39.6. The van der Waals surface area contributed by atoms with Crippen LogP contribution in [0.3, 0.4) is 0 Å². The van der Waals surface area contributed by atoms with E-state index in [0.29, 0.717) is 17.6 Å². The Kier molecular flexibility index (Phi) is 8.90. The van der Waals surface area contributed by atoms with E-state index in [1.165, 1.54) is 12.1 Å². The van der Waals surface area contributed by atoms with Crippen LogP contribution in [-0.2, 0) is 9.59 Å². The molecule has 0 fully saturated rings. The van der Waals surface area contributed by atoms with Gasteiger partial charge in [-0.15, -0.1) is 0 Å². The molecular formula is C17H22N6O4. The number of nitrogens with two attached hydrogens (primary N) is 1. The highest BCUT2D eigenvalue weighted by atomic mass is 16.4. The van der Waals surface area contributed by atoms with E-state index < -0.39 is 5.97 Å². The molecule has 27 heavy (non-hydrogen) atoms. The summed E-state index contributed by atoms with van der Waals surface area (Å²) in [6.07, 6.45) is 2.37. The number of hydrogen-bond acceptors (Lipinski definition) is 9. The first-order chi connectivity index (χ1) is 12.8. The number of carbonyl (C=O) groups is 1. The highest BCUT2D eigenvalue weighted by Gasteiger charge is 2.07. The van der Waals surface area contributed by atoms with Crippen molar-refractivity contribution >= 4 is 35.7 Å². The molecule has 5 N–H and O–H groups in total. The molecule has 2 rings (SSSR count). The molecule has 10 heteroatoms. The Hall–Kier alpha value is -3.52. The molecule has 0 unspecified atom stereocenters. The summed E-state index contributed by atoms with van der Waals surface area (Å²) >= 11 is 0. The third-order valence-corrected chi connectivity index (χ3v) is 3.26. The van der Waals surface area contributed by atoms with Gasteiger partial charge in [0.15, 0.2) is 0 Å². The van der Waals surface area contributed by atoms with Crippen molar-refractivity contribution in [1.82, 2.24) is 15.0 Å². The fourth-order valence-electron chi connectivity index (χ4n) is 2.10. The number of aromatic carboxylic acids is 1. The monoisotopic (exact) mass is 374 g/mol. The molecule has 0 saturated heterocycles. The van der Waals surface area contributed by atoms with Crippen LogP contribution in [0.2, 0.25) is 0 Å². The van der Waals surface area contributed by atoms with Crippen molar-refractivity contribution in [2.24, 2.45) is 5.92 Å². The third-order valence-electron chi connectivity index (χ3n) is 3.26. The predicted molar refractivity (Wildman–Crippen MR) is 98.5 cm³/mol. The van der Waals surface area contributed by atoms with Crippen molar-refractivity contribution in [2.75, 3.05) is 22.9 Å². The van der Waals surface area contributed by atoms with Crippen LogP contribution in [0, 0.1) is 5.92 Å². The molecule has 0 saturated carbocycles. The Morgan fingerprint density at radius 2 is 1.89 bits per heavy atom. The Bertz CT molecular complexity index is 791. The van der Waals surface area contributed by atoms with Crippen molar-refractivity contribution in [1.29, 1.82) is 0 Å². The van der Waals surface area contributed by atoms with E-state index in [2.05, 4.69) is 39.4 Å². The topological polar surface area (TPSA) is 160 Å². The smallest absolute Gasteiger partial charge is 0.373 e. The maximum Gasteiger partial charge on any atom is 0.373 e. The van der Waals surface area contributed by atoms with Crippen molar-refractivity contribution < 1.29 is 19.5 Å². The molecule has 144 valence electrons. The summed E-state index contributed by atoms with van der Waals surface area (Å²) < 4.78 is 0. The zero-order valence-electron chi connectivity index (χ0n) is 15.1. The summed E-state index contributed by atoms with van der Waals surface area (Å²) in [5.74, 6) is 0.392. The molecule has 1 aromatic heterocycles. The Labute approximate surface area is 156 Å². The maximum atomic E-state index is 11.0. The molecule has 2 aromatic rings. The summed E-state index contributed by atoms with van der Waals surface area (Å²) in [6.45, 7) is 5.10. The van der Waals surface area contributed by atoms with E-state index in [0.717, 1.165) is 19.4 Å². The van der Waals surface area contributed by atoms with Crippen LogP contribution in [0.15, 0.2) is 24.3 Å². The number of nitrogen functional groups attached to an aromatic ring is 1. The second-order valence-corrected chi connectivity index (χ2v) is 5.90. The van der Waals surface area contributed by atoms with Crippen molar-refractivity contribution in [3.63, 3.8) is 0 Å². The van der Waals surface area contributed by atoms with Crippen molar-refractivity contribution in [3.8, 4) is 0 Å². The van der Waals surface area contributed by atoms with E-state index in [4.69, 9.17) is 20.4 Å². The van der Waals surface area contributed by atoms with E-state index in [1.807, 2.05) is 0 Å². The Morgan fingerprint density at radius 3 is 2.52 bits per heavy atom.